The van der Waals surface area contributed by atoms with Gasteiger partial charge in [-0.3, -0.25) is 19.4 Å². The smallest absolute Gasteiger partial charge is 0.219 e. The Kier molecular flexibility index (Phi) is 4.37. The number of amides is 1. The molecule has 1 saturated heterocycles. The first kappa shape index (κ1) is 15.9. The Hall–Kier alpha value is -3.02. The van der Waals surface area contributed by atoms with Gasteiger partial charge in [0, 0.05) is 30.7 Å². The summed E-state index contributed by atoms with van der Waals surface area (Å²) in [5.74, 6) is -0.703. The number of rotatable bonds is 3. The maximum atomic E-state index is 11.7. The minimum Gasteiger partial charge on any atom is -0.375 e. The number of hydrogen-bond donors (Lipinski definition) is 1. The van der Waals surface area contributed by atoms with Crippen molar-refractivity contribution >= 4 is 35.0 Å². The molecule has 1 aliphatic rings. The van der Waals surface area contributed by atoms with Crippen LogP contribution in [0.5, 0.6) is 0 Å². The number of aldehydes is 1. The summed E-state index contributed by atoms with van der Waals surface area (Å²) in [4.78, 5) is 40.1. The molecule has 0 aliphatic carbocycles. The molecule has 122 valence electrons. The van der Waals surface area contributed by atoms with Crippen LogP contribution in [0.15, 0.2) is 42.2 Å². The molecule has 0 radical (unpaired) electrons. The standard InChI is InChI=1S/C18H17N3O3/c1-12(23)21-9-15(20-17(10-21)18(24)11-22)7-13-6-14-4-2-3-5-16(14)19-8-13/h2-8,11,17,20H,9-10H2,1H3. The largest absolute Gasteiger partial charge is 0.375 e. The fourth-order valence-electron chi connectivity index (χ4n) is 2.74. The molecule has 1 fully saturated rings. The van der Waals surface area contributed by atoms with E-state index in [1.54, 1.807) is 11.1 Å². The summed E-state index contributed by atoms with van der Waals surface area (Å²) in [6.45, 7) is 2.01. The molecule has 0 bridgehead atoms. The monoisotopic (exact) mass is 323 g/mol. The Bertz CT molecular complexity index is 844. The van der Waals surface area contributed by atoms with Crippen LogP contribution in [0.2, 0.25) is 0 Å². The molecule has 1 aromatic carbocycles. The summed E-state index contributed by atoms with van der Waals surface area (Å²) >= 11 is 0. The highest BCUT2D eigenvalue weighted by molar-refractivity contribution is 6.27. The van der Waals surface area contributed by atoms with E-state index in [1.165, 1.54) is 6.92 Å². The molecule has 1 aromatic heterocycles. The number of benzene rings is 1. The van der Waals surface area contributed by atoms with Gasteiger partial charge >= 0.3 is 0 Å². The average Bonchev–Trinajstić information content (AvgIpc) is 2.60. The summed E-state index contributed by atoms with van der Waals surface area (Å²) in [6, 6.07) is 9.05. The molecule has 3 rings (SSSR count). The molecule has 6 heteroatoms. The maximum Gasteiger partial charge on any atom is 0.219 e. The number of ketones is 1. The van der Waals surface area contributed by atoms with Gasteiger partial charge in [-0.1, -0.05) is 18.2 Å². The molecule has 6 nitrogen and oxygen atoms in total. The number of fused-ring (bicyclic) bond motifs is 1. The second kappa shape index (κ2) is 6.62. The summed E-state index contributed by atoms with van der Waals surface area (Å²) in [7, 11) is 0. The van der Waals surface area contributed by atoms with E-state index in [1.807, 2.05) is 36.4 Å². The van der Waals surface area contributed by atoms with Crippen LogP contribution in [0.3, 0.4) is 0 Å². The average molecular weight is 323 g/mol. The van der Waals surface area contributed by atoms with Gasteiger partial charge in [-0.05, 0) is 23.8 Å². The van der Waals surface area contributed by atoms with Crippen molar-refractivity contribution in [3.63, 3.8) is 0 Å². The van der Waals surface area contributed by atoms with Gasteiger partial charge in [0.2, 0.25) is 11.7 Å². The van der Waals surface area contributed by atoms with Crippen molar-refractivity contribution in [1.29, 1.82) is 0 Å². The van der Waals surface area contributed by atoms with Crippen molar-refractivity contribution in [3.05, 3.63) is 47.8 Å². The zero-order valence-electron chi connectivity index (χ0n) is 13.2. The lowest BCUT2D eigenvalue weighted by molar-refractivity contribution is -0.134. The molecule has 1 aliphatic heterocycles. The number of pyridine rings is 1. The summed E-state index contributed by atoms with van der Waals surface area (Å²) in [5, 5.41) is 4.05. The van der Waals surface area contributed by atoms with Gasteiger partial charge in [-0.15, -0.1) is 0 Å². The lowest BCUT2D eigenvalue weighted by Crippen LogP contribution is -2.54. The molecule has 0 spiro atoms. The second-order valence-electron chi connectivity index (χ2n) is 5.75. The predicted octanol–water partition coefficient (Wildman–Crippen LogP) is 1.16. The van der Waals surface area contributed by atoms with Crippen LogP contribution in [0, 0.1) is 0 Å². The van der Waals surface area contributed by atoms with E-state index in [-0.39, 0.29) is 18.7 Å². The van der Waals surface area contributed by atoms with Crippen LogP contribution in [0.4, 0.5) is 0 Å². The van der Waals surface area contributed by atoms with Crippen LogP contribution in [0.25, 0.3) is 17.0 Å². The number of aromatic nitrogens is 1. The van der Waals surface area contributed by atoms with Crippen LogP contribution < -0.4 is 5.32 Å². The minimum absolute atomic E-state index is 0.136. The SMILES string of the molecule is CC(=O)N1CC(=Cc2cnc3ccccc3c2)NC(C(=O)C=O)C1. The highest BCUT2D eigenvalue weighted by Gasteiger charge is 2.28. The predicted molar refractivity (Wildman–Crippen MR) is 90.0 cm³/mol. The van der Waals surface area contributed by atoms with Crippen molar-refractivity contribution in [2.24, 2.45) is 0 Å². The lowest BCUT2D eigenvalue weighted by Gasteiger charge is -2.34. The van der Waals surface area contributed by atoms with Crippen molar-refractivity contribution in [2.45, 2.75) is 13.0 Å². The van der Waals surface area contributed by atoms with E-state index in [0.717, 1.165) is 16.5 Å². The molecule has 2 aromatic rings. The number of nitrogens with one attached hydrogen (secondary N) is 1. The third kappa shape index (κ3) is 3.32. The van der Waals surface area contributed by atoms with Gasteiger partial charge < -0.3 is 10.2 Å². The fraction of sp³-hybridized carbons (Fsp3) is 0.222. The van der Waals surface area contributed by atoms with Gasteiger partial charge in [0.05, 0.1) is 12.1 Å². The van der Waals surface area contributed by atoms with E-state index < -0.39 is 11.8 Å². The van der Waals surface area contributed by atoms with Crippen molar-refractivity contribution < 1.29 is 14.4 Å². The van der Waals surface area contributed by atoms with E-state index in [4.69, 9.17) is 0 Å². The summed E-state index contributed by atoms with van der Waals surface area (Å²) in [6.07, 6.45) is 3.87. The zero-order chi connectivity index (χ0) is 17.1. The molecular weight excluding hydrogens is 306 g/mol. The first-order valence-corrected chi connectivity index (χ1v) is 7.63. The van der Waals surface area contributed by atoms with Gasteiger partial charge in [0.15, 0.2) is 6.29 Å². The van der Waals surface area contributed by atoms with Crippen LogP contribution in [-0.2, 0) is 14.4 Å². The zero-order valence-corrected chi connectivity index (χ0v) is 13.2. The highest BCUT2D eigenvalue weighted by Crippen LogP contribution is 2.16. The summed E-state index contributed by atoms with van der Waals surface area (Å²) < 4.78 is 0. The molecular formula is C18H17N3O3. The maximum absolute atomic E-state index is 11.7. The number of carbonyl (C=O) groups excluding carboxylic acids is 3. The number of nitrogens with zero attached hydrogens (tertiary/aromatic N) is 2. The van der Waals surface area contributed by atoms with Gasteiger partial charge in [-0.25, -0.2) is 0 Å². The molecule has 2 heterocycles. The molecule has 1 unspecified atom stereocenters. The van der Waals surface area contributed by atoms with Crippen LogP contribution in [-0.4, -0.2) is 47.0 Å². The van der Waals surface area contributed by atoms with Crippen molar-refractivity contribution in [3.8, 4) is 0 Å². The van der Waals surface area contributed by atoms with Gasteiger partial charge in [0.1, 0.15) is 6.04 Å². The second-order valence-corrected chi connectivity index (χ2v) is 5.75. The summed E-state index contributed by atoms with van der Waals surface area (Å²) in [5.41, 5.74) is 2.46. The first-order valence-electron chi connectivity index (χ1n) is 7.63. The highest BCUT2D eigenvalue weighted by atomic mass is 16.2. The fourth-order valence-corrected chi connectivity index (χ4v) is 2.74. The first-order chi connectivity index (χ1) is 11.6. The Labute approximate surface area is 139 Å². The molecule has 1 amide bonds. The van der Waals surface area contributed by atoms with Crippen LogP contribution >= 0.6 is 0 Å². The normalized spacial score (nSPS) is 19.1. The Morgan fingerprint density at radius 3 is 2.88 bits per heavy atom. The molecule has 24 heavy (non-hydrogen) atoms. The van der Waals surface area contributed by atoms with Crippen LogP contribution in [0.1, 0.15) is 12.5 Å². The van der Waals surface area contributed by atoms with Gasteiger partial charge in [-0.2, -0.15) is 0 Å². The molecule has 1 atom stereocenters. The Morgan fingerprint density at radius 1 is 1.33 bits per heavy atom. The lowest BCUT2D eigenvalue weighted by atomic mass is 10.1. The van der Waals surface area contributed by atoms with Gasteiger partial charge in [0.25, 0.3) is 0 Å². The topological polar surface area (TPSA) is 79.4 Å². The van der Waals surface area contributed by atoms with E-state index in [9.17, 15) is 14.4 Å². The van der Waals surface area contributed by atoms with E-state index in [2.05, 4.69) is 10.3 Å². The number of Topliss-reactive ketones (excluding diaryl/α,β-unsaturated/α-hetero) is 1. The van der Waals surface area contributed by atoms with Crippen molar-refractivity contribution in [1.82, 2.24) is 15.2 Å². The Balaban J connectivity index is 1.91. The number of piperazine rings is 1. The van der Waals surface area contributed by atoms with Crippen molar-refractivity contribution in [2.75, 3.05) is 13.1 Å². The van der Waals surface area contributed by atoms with E-state index in [0.29, 0.717) is 12.2 Å². The molecule has 0 saturated carbocycles. The number of hydrogen-bond acceptors (Lipinski definition) is 5. The Morgan fingerprint density at radius 2 is 2.12 bits per heavy atom. The number of para-hydroxylation sites is 1. The minimum atomic E-state index is -0.709. The third-order valence-electron chi connectivity index (χ3n) is 3.98. The quantitative estimate of drug-likeness (QED) is 0.677. The molecule has 1 N–H and O–H groups in total. The van der Waals surface area contributed by atoms with E-state index >= 15 is 0 Å². The number of carbonyl (C=O) groups is 3. The third-order valence-corrected chi connectivity index (χ3v) is 3.98.